The molecule has 1 unspecified atom stereocenters. The number of nitrogens with zero attached hydrogens (tertiary/aromatic N) is 3. The third kappa shape index (κ3) is 5.79. The van der Waals surface area contributed by atoms with Crippen molar-refractivity contribution in [2.75, 3.05) is 24.3 Å². The van der Waals surface area contributed by atoms with Crippen LogP contribution in [0, 0.1) is 12.3 Å². The predicted molar refractivity (Wildman–Crippen MR) is 116 cm³/mol. The maximum Gasteiger partial charge on any atom is 0.256 e. The van der Waals surface area contributed by atoms with Gasteiger partial charge in [0.15, 0.2) is 0 Å². The van der Waals surface area contributed by atoms with Gasteiger partial charge in [-0.05, 0) is 43.7 Å². The third-order valence-corrected chi connectivity index (χ3v) is 4.53. The zero-order valence-electron chi connectivity index (χ0n) is 16.2. The molecule has 0 aliphatic rings. The number of hydrazone groups is 1. The molecular weight excluding hydrogens is 376 g/mol. The summed E-state index contributed by atoms with van der Waals surface area (Å²) in [5.74, 6) is 0.617. The molecule has 2 aromatic rings. The standard InChI is InChI=1S/C20H25ClN6O/c1-4-16(13-23-19-7-5-6-14(2)25-19)27(3)20(28)17-12-15(21)8-9-18(17)26-24-11-10-22/h5-12,16,22,26H,4,13H2,1-3H3,(H,23,25)/b22-10?,24-11-. The predicted octanol–water partition coefficient (Wildman–Crippen LogP) is 4.05. The highest BCUT2D eigenvalue weighted by atomic mass is 35.5. The van der Waals surface area contributed by atoms with Crippen molar-refractivity contribution in [3.05, 3.63) is 52.7 Å². The number of carbonyl (C=O) groups excluding carboxylic acids is 1. The van der Waals surface area contributed by atoms with Gasteiger partial charge < -0.3 is 15.6 Å². The summed E-state index contributed by atoms with van der Waals surface area (Å²) in [4.78, 5) is 19.2. The Bertz CT molecular complexity index is 854. The molecule has 8 heteroatoms. The molecule has 0 saturated carbocycles. The molecular formula is C20H25ClN6O. The Morgan fingerprint density at radius 2 is 2.18 bits per heavy atom. The maximum atomic E-state index is 13.1. The molecule has 1 heterocycles. The zero-order chi connectivity index (χ0) is 20.5. The molecule has 1 amide bonds. The molecule has 3 N–H and O–H groups in total. The van der Waals surface area contributed by atoms with E-state index < -0.39 is 0 Å². The van der Waals surface area contributed by atoms with Crippen molar-refractivity contribution in [1.29, 1.82) is 5.41 Å². The number of carbonyl (C=O) groups is 1. The number of aromatic nitrogens is 1. The summed E-state index contributed by atoms with van der Waals surface area (Å²) < 4.78 is 0. The Morgan fingerprint density at radius 3 is 2.86 bits per heavy atom. The van der Waals surface area contributed by atoms with E-state index in [1.54, 1.807) is 30.1 Å². The first kappa shape index (κ1) is 21.4. The summed E-state index contributed by atoms with van der Waals surface area (Å²) >= 11 is 6.10. The minimum atomic E-state index is -0.166. The first-order chi connectivity index (χ1) is 13.5. The van der Waals surface area contributed by atoms with Gasteiger partial charge in [0.2, 0.25) is 0 Å². The van der Waals surface area contributed by atoms with Gasteiger partial charge in [0.25, 0.3) is 5.91 Å². The number of amides is 1. The minimum Gasteiger partial charge on any atom is -0.368 e. The molecule has 1 atom stereocenters. The van der Waals surface area contributed by atoms with E-state index in [1.807, 2.05) is 32.0 Å². The van der Waals surface area contributed by atoms with Crippen LogP contribution in [-0.4, -0.2) is 47.9 Å². The lowest BCUT2D eigenvalue weighted by Crippen LogP contribution is -2.41. The molecule has 148 valence electrons. The van der Waals surface area contributed by atoms with Crippen LogP contribution in [0.15, 0.2) is 41.5 Å². The van der Waals surface area contributed by atoms with Crippen molar-refractivity contribution in [1.82, 2.24) is 9.88 Å². The van der Waals surface area contributed by atoms with Crippen LogP contribution in [0.25, 0.3) is 0 Å². The first-order valence-corrected chi connectivity index (χ1v) is 9.36. The number of hydrogen-bond acceptors (Lipinski definition) is 6. The van der Waals surface area contributed by atoms with E-state index in [0.29, 0.717) is 22.8 Å². The summed E-state index contributed by atoms with van der Waals surface area (Å²) in [7, 11) is 1.77. The van der Waals surface area contributed by atoms with Gasteiger partial charge in [0.1, 0.15) is 5.82 Å². The van der Waals surface area contributed by atoms with E-state index in [1.165, 1.54) is 6.21 Å². The number of likely N-dealkylation sites (N-methyl/N-ethyl adjacent to an activating group) is 1. The highest BCUT2D eigenvalue weighted by Gasteiger charge is 2.22. The summed E-state index contributed by atoms with van der Waals surface area (Å²) in [5.41, 5.74) is 4.67. The topological polar surface area (TPSA) is 93.5 Å². The lowest BCUT2D eigenvalue weighted by molar-refractivity contribution is 0.0737. The van der Waals surface area contributed by atoms with Gasteiger partial charge in [-0.1, -0.05) is 24.6 Å². The lowest BCUT2D eigenvalue weighted by atomic mass is 10.1. The van der Waals surface area contributed by atoms with E-state index in [0.717, 1.165) is 24.1 Å². The Morgan fingerprint density at radius 1 is 1.39 bits per heavy atom. The van der Waals surface area contributed by atoms with E-state index in [2.05, 4.69) is 20.8 Å². The number of aryl methyl sites for hydroxylation is 1. The normalized spacial score (nSPS) is 11.9. The van der Waals surface area contributed by atoms with Gasteiger partial charge in [-0.25, -0.2) is 4.98 Å². The van der Waals surface area contributed by atoms with Crippen molar-refractivity contribution >= 4 is 41.4 Å². The fourth-order valence-electron chi connectivity index (χ4n) is 2.71. The lowest BCUT2D eigenvalue weighted by Gasteiger charge is -2.28. The quantitative estimate of drug-likeness (QED) is 0.437. The van der Waals surface area contributed by atoms with Crippen molar-refractivity contribution in [3.8, 4) is 0 Å². The molecule has 1 aromatic carbocycles. The SMILES string of the molecule is CCC(CNc1cccc(C)n1)N(C)C(=O)c1cc(Cl)ccc1N/N=C\C=N. The van der Waals surface area contributed by atoms with Crippen LogP contribution in [0.3, 0.4) is 0 Å². The summed E-state index contributed by atoms with van der Waals surface area (Å²) in [6.07, 6.45) is 3.12. The van der Waals surface area contributed by atoms with Gasteiger partial charge in [0.05, 0.1) is 17.5 Å². The van der Waals surface area contributed by atoms with Gasteiger partial charge >= 0.3 is 0 Å². The molecule has 1 aromatic heterocycles. The molecule has 2 rings (SSSR count). The summed E-state index contributed by atoms with van der Waals surface area (Å²) in [6.45, 7) is 4.54. The number of anilines is 2. The van der Waals surface area contributed by atoms with E-state index in [4.69, 9.17) is 17.0 Å². The third-order valence-electron chi connectivity index (χ3n) is 4.29. The van der Waals surface area contributed by atoms with Gasteiger partial charge in [-0.3, -0.25) is 10.2 Å². The monoisotopic (exact) mass is 400 g/mol. The molecule has 0 aliphatic heterocycles. The molecule has 0 fully saturated rings. The summed E-state index contributed by atoms with van der Waals surface area (Å²) in [5, 5.41) is 14.6. The molecule has 7 nitrogen and oxygen atoms in total. The van der Waals surface area contributed by atoms with E-state index in [-0.39, 0.29) is 11.9 Å². The van der Waals surface area contributed by atoms with E-state index >= 15 is 0 Å². The minimum absolute atomic E-state index is 0.0354. The fraction of sp³-hybridized carbons (Fsp3) is 0.300. The Balaban J connectivity index is 2.15. The van der Waals surface area contributed by atoms with Gasteiger partial charge in [-0.2, -0.15) is 5.10 Å². The van der Waals surface area contributed by atoms with Crippen LogP contribution in [0.4, 0.5) is 11.5 Å². The number of hydrogen-bond donors (Lipinski definition) is 3. The molecule has 0 aliphatic carbocycles. The molecule has 0 bridgehead atoms. The van der Waals surface area contributed by atoms with Crippen LogP contribution in [0.2, 0.25) is 5.02 Å². The number of halogens is 1. The Kier molecular flexibility index (Phi) is 7.95. The van der Waals surface area contributed by atoms with Crippen LogP contribution in [0.5, 0.6) is 0 Å². The highest BCUT2D eigenvalue weighted by Crippen LogP contribution is 2.23. The van der Waals surface area contributed by atoms with Crippen molar-refractivity contribution < 1.29 is 4.79 Å². The second kappa shape index (κ2) is 10.4. The average molecular weight is 401 g/mol. The van der Waals surface area contributed by atoms with Crippen molar-refractivity contribution in [2.45, 2.75) is 26.3 Å². The second-order valence-electron chi connectivity index (χ2n) is 6.27. The van der Waals surface area contributed by atoms with E-state index in [9.17, 15) is 4.79 Å². The van der Waals surface area contributed by atoms with Crippen LogP contribution in [-0.2, 0) is 0 Å². The largest absolute Gasteiger partial charge is 0.368 e. The molecule has 28 heavy (non-hydrogen) atoms. The summed E-state index contributed by atoms with van der Waals surface area (Å²) in [6, 6.07) is 10.7. The number of benzene rings is 1. The smallest absolute Gasteiger partial charge is 0.256 e. The number of rotatable bonds is 9. The second-order valence-corrected chi connectivity index (χ2v) is 6.71. The zero-order valence-corrected chi connectivity index (χ0v) is 17.0. The van der Waals surface area contributed by atoms with Crippen LogP contribution in [0.1, 0.15) is 29.4 Å². The number of nitrogens with one attached hydrogen (secondary N) is 3. The Hall–Kier alpha value is -2.93. The van der Waals surface area contributed by atoms with Crippen LogP contribution < -0.4 is 10.7 Å². The average Bonchev–Trinajstić information content (AvgIpc) is 2.69. The van der Waals surface area contributed by atoms with Crippen molar-refractivity contribution in [3.63, 3.8) is 0 Å². The Labute approximate surface area is 170 Å². The fourth-order valence-corrected chi connectivity index (χ4v) is 2.88. The molecule has 0 saturated heterocycles. The van der Waals surface area contributed by atoms with Gasteiger partial charge in [0, 0.05) is 36.6 Å². The van der Waals surface area contributed by atoms with Crippen LogP contribution >= 0.6 is 11.6 Å². The van der Waals surface area contributed by atoms with Gasteiger partial charge in [-0.15, -0.1) is 0 Å². The molecule has 0 radical (unpaired) electrons. The first-order valence-electron chi connectivity index (χ1n) is 8.98. The highest BCUT2D eigenvalue weighted by molar-refractivity contribution is 6.31. The maximum absolute atomic E-state index is 13.1. The number of pyridine rings is 1. The van der Waals surface area contributed by atoms with Crippen molar-refractivity contribution in [2.24, 2.45) is 5.10 Å². The molecule has 0 spiro atoms.